The van der Waals surface area contributed by atoms with Crippen LogP contribution >= 0.6 is 34.7 Å². The quantitative estimate of drug-likeness (QED) is 0.112. The Morgan fingerprint density at radius 1 is 1.45 bits per heavy atom. The van der Waals surface area contributed by atoms with E-state index in [0.29, 0.717) is 11.2 Å². The SMILES string of the molecule is C[C@H](O/N=C(\C(=O)N[C@@H]1C(=O)N2C(C(=O)[O-])=C(C[n+]3ccn4ncccc43)CSC12)c1nc(N)sc1Cl)C(=O)O. The number of nitrogens with two attached hydrogens (primary N) is 1. The molecular formula is C22H19ClN8O7S2. The van der Waals surface area contributed by atoms with Crippen LogP contribution in [0.4, 0.5) is 5.13 Å². The van der Waals surface area contributed by atoms with Crippen molar-refractivity contribution in [3.05, 3.63) is 52.0 Å². The topological polar surface area (TPSA) is 209 Å². The van der Waals surface area contributed by atoms with Crippen LogP contribution in [-0.4, -0.2) is 77.3 Å². The van der Waals surface area contributed by atoms with Crippen molar-refractivity contribution in [1.82, 2.24) is 24.8 Å². The number of carboxylic acids is 2. The van der Waals surface area contributed by atoms with Crippen LogP contribution in [0.1, 0.15) is 12.6 Å². The van der Waals surface area contributed by atoms with E-state index in [4.69, 9.17) is 27.3 Å². The zero-order chi connectivity index (χ0) is 28.7. The van der Waals surface area contributed by atoms with E-state index in [-0.39, 0.29) is 33.2 Å². The van der Waals surface area contributed by atoms with Crippen LogP contribution in [0.3, 0.4) is 0 Å². The Morgan fingerprint density at radius 2 is 2.23 bits per heavy atom. The number of imidazole rings is 1. The summed E-state index contributed by atoms with van der Waals surface area (Å²) in [7, 11) is 0. The van der Waals surface area contributed by atoms with Gasteiger partial charge < -0.3 is 30.9 Å². The molecule has 0 saturated carbocycles. The molecule has 4 N–H and O–H groups in total. The zero-order valence-corrected chi connectivity index (χ0v) is 22.8. The minimum atomic E-state index is -1.52. The lowest BCUT2D eigenvalue weighted by Crippen LogP contribution is -2.71. The highest BCUT2D eigenvalue weighted by Gasteiger charge is 2.53. The fraction of sp³-hybridized carbons (Fsp3) is 0.273. The first-order valence-corrected chi connectivity index (χ1v) is 13.7. The number of anilines is 1. The Morgan fingerprint density at radius 3 is 2.90 bits per heavy atom. The number of hydrogen-bond acceptors (Lipinski definition) is 12. The fourth-order valence-corrected chi connectivity index (χ4v) is 6.38. The van der Waals surface area contributed by atoms with Gasteiger partial charge in [0, 0.05) is 17.4 Å². The summed E-state index contributed by atoms with van der Waals surface area (Å²) in [6.07, 6.45) is 3.66. The summed E-state index contributed by atoms with van der Waals surface area (Å²) in [6.45, 7) is 1.37. The van der Waals surface area contributed by atoms with Crippen LogP contribution in [0.25, 0.3) is 5.65 Å². The number of aromatic nitrogens is 4. The maximum atomic E-state index is 13.2. The molecule has 3 aromatic heterocycles. The minimum absolute atomic E-state index is 0.00991. The molecule has 2 aliphatic rings. The molecule has 1 fully saturated rings. The van der Waals surface area contributed by atoms with Gasteiger partial charge in [-0.1, -0.05) is 33.2 Å². The van der Waals surface area contributed by atoms with E-state index < -0.39 is 47.0 Å². The molecule has 2 aliphatic heterocycles. The van der Waals surface area contributed by atoms with E-state index >= 15 is 0 Å². The van der Waals surface area contributed by atoms with E-state index in [1.165, 1.54) is 18.7 Å². The highest BCUT2D eigenvalue weighted by atomic mass is 35.5. The molecule has 5 heterocycles. The predicted octanol–water partition coefficient (Wildman–Crippen LogP) is -1.39. The van der Waals surface area contributed by atoms with Crippen molar-refractivity contribution in [3.63, 3.8) is 0 Å². The number of thioether (sulfide) groups is 1. The number of carbonyl (C=O) groups excluding carboxylic acids is 3. The summed E-state index contributed by atoms with van der Waals surface area (Å²) >= 11 is 8.24. The second-order valence-electron chi connectivity index (χ2n) is 8.55. The lowest BCUT2D eigenvalue weighted by molar-refractivity contribution is -0.662. The monoisotopic (exact) mass is 606 g/mol. The van der Waals surface area contributed by atoms with Gasteiger partial charge in [-0.05, 0) is 13.0 Å². The summed E-state index contributed by atoms with van der Waals surface area (Å²) in [4.78, 5) is 59.5. The first-order chi connectivity index (χ1) is 19.1. The normalized spacial score (nSPS) is 19.7. The van der Waals surface area contributed by atoms with E-state index in [9.17, 15) is 24.3 Å². The molecule has 3 aromatic rings. The molecule has 5 rings (SSSR count). The van der Waals surface area contributed by atoms with Gasteiger partial charge in [0.2, 0.25) is 6.10 Å². The minimum Gasteiger partial charge on any atom is -0.543 e. The number of aliphatic carboxylic acids is 2. The third-order valence-electron chi connectivity index (χ3n) is 6.02. The molecule has 0 spiro atoms. The van der Waals surface area contributed by atoms with Crippen molar-refractivity contribution in [1.29, 1.82) is 0 Å². The van der Waals surface area contributed by atoms with Crippen LogP contribution < -0.4 is 20.7 Å². The number of thiazole rings is 1. The highest BCUT2D eigenvalue weighted by molar-refractivity contribution is 8.00. The first kappa shape index (κ1) is 27.4. The third kappa shape index (κ3) is 4.93. The van der Waals surface area contributed by atoms with Crippen molar-refractivity contribution in [2.75, 3.05) is 11.5 Å². The Hall–Kier alpha value is -4.22. The molecule has 208 valence electrons. The van der Waals surface area contributed by atoms with Gasteiger partial charge in [-0.25, -0.2) is 14.3 Å². The number of hydrogen-bond donors (Lipinski definition) is 3. The van der Waals surface area contributed by atoms with E-state index in [1.54, 1.807) is 33.7 Å². The highest BCUT2D eigenvalue weighted by Crippen LogP contribution is 2.40. The molecule has 0 bridgehead atoms. The molecule has 15 nitrogen and oxygen atoms in total. The number of nitrogen functional groups attached to an aromatic ring is 1. The Kier molecular flexibility index (Phi) is 7.35. The number of rotatable bonds is 9. The number of β-lactam (4-membered cyclic amide) rings is 1. The number of carboxylic acid groups (broad SMARTS) is 2. The van der Waals surface area contributed by atoms with Crippen LogP contribution in [0.2, 0.25) is 4.34 Å². The van der Waals surface area contributed by atoms with Gasteiger partial charge in [-0.3, -0.25) is 14.5 Å². The average Bonchev–Trinajstić information content (AvgIpc) is 3.48. The fourth-order valence-electron chi connectivity index (χ4n) is 4.11. The number of nitrogens with zero attached hydrogens (tertiary/aromatic N) is 6. The Bertz CT molecular complexity index is 1620. The number of fused-ring (bicyclic) bond motifs is 2. The molecule has 0 aromatic carbocycles. The molecule has 40 heavy (non-hydrogen) atoms. The summed E-state index contributed by atoms with van der Waals surface area (Å²) < 4.78 is 3.41. The lowest BCUT2D eigenvalue weighted by Gasteiger charge is -2.50. The first-order valence-electron chi connectivity index (χ1n) is 11.5. The molecule has 0 radical (unpaired) electrons. The van der Waals surface area contributed by atoms with E-state index in [1.807, 2.05) is 6.07 Å². The zero-order valence-electron chi connectivity index (χ0n) is 20.4. The van der Waals surface area contributed by atoms with Gasteiger partial charge in [0.25, 0.3) is 11.8 Å². The maximum Gasteiger partial charge on any atom is 0.347 e. The predicted molar refractivity (Wildman–Crippen MR) is 139 cm³/mol. The summed E-state index contributed by atoms with van der Waals surface area (Å²) in [5.41, 5.74) is 5.90. The molecule has 1 unspecified atom stereocenters. The van der Waals surface area contributed by atoms with Gasteiger partial charge in [0.1, 0.15) is 34.2 Å². The number of carbonyl (C=O) groups is 4. The third-order valence-corrected chi connectivity index (χ3v) is 8.44. The number of oxime groups is 1. The number of halogens is 1. The maximum absolute atomic E-state index is 13.2. The molecule has 2 amide bonds. The summed E-state index contributed by atoms with van der Waals surface area (Å²) in [6, 6.07) is 2.43. The van der Waals surface area contributed by atoms with Gasteiger partial charge in [-0.2, -0.15) is 0 Å². The van der Waals surface area contributed by atoms with Gasteiger partial charge in [0.05, 0.1) is 17.9 Å². The van der Waals surface area contributed by atoms with Crippen molar-refractivity contribution >= 4 is 74.9 Å². The van der Waals surface area contributed by atoms with E-state index in [2.05, 4.69) is 20.6 Å². The second kappa shape index (κ2) is 10.7. The van der Waals surface area contributed by atoms with Crippen LogP contribution in [0.15, 0.2) is 47.1 Å². The van der Waals surface area contributed by atoms with Gasteiger partial charge in [-0.15, -0.1) is 16.3 Å². The van der Waals surface area contributed by atoms with E-state index in [0.717, 1.165) is 16.2 Å². The lowest BCUT2D eigenvalue weighted by atomic mass is 10.0. The van der Waals surface area contributed by atoms with Gasteiger partial charge in [0.15, 0.2) is 17.0 Å². The van der Waals surface area contributed by atoms with Crippen molar-refractivity contribution in [3.8, 4) is 0 Å². The molecular weight excluding hydrogens is 588 g/mol. The Balaban J connectivity index is 1.38. The van der Waals surface area contributed by atoms with Gasteiger partial charge >= 0.3 is 11.6 Å². The molecule has 3 atom stereocenters. The summed E-state index contributed by atoms with van der Waals surface area (Å²) in [5.74, 6) is -4.25. The molecule has 1 saturated heterocycles. The van der Waals surface area contributed by atoms with Crippen LogP contribution in [-0.2, 0) is 30.6 Å². The smallest absolute Gasteiger partial charge is 0.347 e. The Labute approximate surface area is 237 Å². The van der Waals surface area contributed by atoms with Crippen LogP contribution in [0, 0.1) is 0 Å². The van der Waals surface area contributed by atoms with Crippen LogP contribution in [0.5, 0.6) is 0 Å². The van der Waals surface area contributed by atoms with Crippen molar-refractivity contribution in [2.45, 2.75) is 31.0 Å². The van der Waals surface area contributed by atoms with Crippen molar-refractivity contribution in [2.24, 2.45) is 5.16 Å². The summed E-state index contributed by atoms with van der Waals surface area (Å²) in [5, 5.41) is 30.8. The standard InChI is InChI=1S/C22H19ClN8O7S2/c1-9(20(34)35)38-28-13(12-16(23)40-22(24)27-12)17(32)26-14-18(33)31-15(21(36)37)10(8-39-19(14)31)7-29-5-6-30-11(29)3-2-4-25-30/h2-6,9,14,19H,7-8H2,1H3,(H4-,24,26,27,32,34,35,36,37)/b28-13-/t9-,14+,19?/m0/s1. The molecule has 0 aliphatic carbocycles. The molecule has 18 heteroatoms. The average molecular weight is 607 g/mol. The number of amides is 2. The second-order valence-corrected chi connectivity index (χ2v) is 11.3. The van der Waals surface area contributed by atoms with Crippen molar-refractivity contribution < 1.29 is 38.8 Å². The number of nitrogens with one attached hydrogen (secondary N) is 1. The largest absolute Gasteiger partial charge is 0.543 e.